The first-order valence-electron chi connectivity index (χ1n) is 5.48. The summed E-state index contributed by atoms with van der Waals surface area (Å²) in [4.78, 5) is 10.3. The van der Waals surface area contributed by atoms with E-state index in [4.69, 9.17) is 10.5 Å². The predicted octanol–water partition coefficient (Wildman–Crippen LogP) is 2.57. The zero-order chi connectivity index (χ0) is 13.4. The van der Waals surface area contributed by atoms with E-state index in [-0.39, 0.29) is 11.3 Å². The number of hydrogen-bond acceptors (Lipinski definition) is 5. The van der Waals surface area contributed by atoms with Crippen molar-refractivity contribution < 1.29 is 4.92 Å². The van der Waals surface area contributed by atoms with Gasteiger partial charge >= 0.3 is 0 Å². The van der Waals surface area contributed by atoms with Gasteiger partial charge in [-0.1, -0.05) is 0 Å². The van der Waals surface area contributed by atoms with Gasteiger partial charge in [-0.3, -0.25) is 10.1 Å². The zero-order valence-electron chi connectivity index (χ0n) is 9.72. The van der Waals surface area contributed by atoms with E-state index in [9.17, 15) is 10.1 Å². The minimum Gasteiger partial charge on any atom is -0.379 e. The van der Waals surface area contributed by atoms with Crippen molar-refractivity contribution in [2.75, 3.05) is 11.9 Å². The van der Waals surface area contributed by atoms with E-state index in [0.717, 1.165) is 12.8 Å². The van der Waals surface area contributed by atoms with E-state index in [1.165, 1.54) is 18.2 Å². The van der Waals surface area contributed by atoms with Gasteiger partial charge in [-0.2, -0.15) is 10.5 Å². The van der Waals surface area contributed by atoms with Gasteiger partial charge in [0.15, 0.2) is 0 Å². The molecule has 6 nitrogen and oxygen atoms in total. The standard InChI is InChI=1S/C12H12N4O2/c13-6-2-1-3-7-15-11-5-4-10(9-14)8-12(11)16(17)18/h4-5,8,15H,1-3,7H2. The number of nitriles is 2. The minimum atomic E-state index is -0.515. The molecule has 0 aliphatic rings. The number of benzene rings is 1. The molecule has 1 aromatic carbocycles. The van der Waals surface area contributed by atoms with E-state index in [1.807, 2.05) is 12.1 Å². The van der Waals surface area contributed by atoms with Gasteiger partial charge in [-0.05, 0) is 25.0 Å². The molecule has 18 heavy (non-hydrogen) atoms. The van der Waals surface area contributed by atoms with Crippen LogP contribution in [0.25, 0.3) is 0 Å². The minimum absolute atomic E-state index is 0.102. The van der Waals surface area contributed by atoms with E-state index in [2.05, 4.69) is 5.32 Å². The number of nitrogens with zero attached hydrogens (tertiary/aromatic N) is 3. The van der Waals surface area contributed by atoms with Crippen LogP contribution in [0.5, 0.6) is 0 Å². The number of rotatable bonds is 6. The quantitative estimate of drug-likeness (QED) is 0.470. The third kappa shape index (κ3) is 3.76. The third-order valence-corrected chi connectivity index (χ3v) is 2.35. The summed E-state index contributed by atoms with van der Waals surface area (Å²) < 4.78 is 0. The van der Waals surface area contributed by atoms with Crippen LogP contribution in [0, 0.1) is 32.8 Å². The average Bonchev–Trinajstić information content (AvgIpc) is 2.38. The maximum atomic E-state index is 10.8. The van der Waals surface area contributed by atoms with Crippen molar-refractivity contribution in [3.8, 4) is 12.1 Å². The summed E-state index contributed by atoms with van der Waals surface area (Å²) in [5.74, 6) is 0. The van der Waals surface area contributed by atoms with Crippen molar-refractivity contribution >= 4 is 11.4 Å². The molecule has 0 amide bonds. The maximum absolute atomic E-state index is 10.8. The highest BCUT2D eigenvalue weighted by atomic mass is 16.6. The lowest BCUT2D eigenvalue weighted by atomic mass is 10.2. The monoisotopic (exact) mass is 244 g/mol. The number of nitrogens with one attached hydrogen (secondary N) is 1. The molecule has 0 saturated carbocycles. The van der Waals surface area contributed by atoms with Crippen LogP contribution in [0.2, 0.25) is 0 Å². The molecular weight excluding hydrogens is 232 g/mol. The molecule has 0 aliphatic carbocycles. The van der Waals surface area contributed by atoms with Gasteiger partial charge in [0, 0.05) is 19.0 Å². The topological polar surface area (TPSA) is 103 Å². The molecule has 1 rings (SSSR count). The summed E-state index contributed by atoms with van der Waals surface area (Å²) in [7, 11) is 0. The lowest BCUT2D eigenvalue weighted by Gasteiger charge is -2.06. The summed E-state index contributed by atoms with van der Waals surface area (Å²) in [6, 6.07) is 8.21. The molecule has 0 aliphatic heterocycles. The predicted molar refractivity (Wildman–Crippen MR) is 65.8 cm³/mol. The van der Waals surface area contributed by atoms with Gasteiger partial charge in [0.25, 0.3) is 5.69 Å². The Morgan fingerprint density at radius 3 is 2.72 bits per heavy atom. The SMILES string of the molecule is N#CCCCCNc1ccc(C#N)cc1[N+](=O)[O-]. The molecule has 0 heterocycles. The zero-order valence-corrected chi connectivity index (χ0v) is 9.72. The molecule has 0 fully saturated rings. The maximum Gasteiger partial charge on any atom is 0.293 e. The normalized spacial score (nSPS) is 9.22. The molecule has 0 bridgehead atoms. The molecule has 92 valence electrons. The van der Waals surface area contributed by atoms with Gasteiger partial charge < -0.3 is 5.32 Å². The molecule has 0 atom stereocenters. The van der Waals surface area contributed by atoms with Gasteiger partial charge in [0.05, 0.1) is 22.6 Å². The second-order valence-corrected chi connectivity index (χ2v) is 3.64. The van der Waals surface area contributed by atoms with Crippen molar-refractivity contribution in [3.63, 3.8) is 0 Å². The Morgan fingerprint density at radius 2 is 2.11 bits per heavy atom. The largest absolute Gasteiger partial charge is 0.379 e. The molecule has 1 N–H and O–H groups in total. The molecule has 6 heteroatoms. The van der Waals surface area contributed by atoms with E-state index in [1.54, 1.807) is 0 Å². The fraction of sp³-hybridized carbons (Fsp3) is 0.333. The van der Waals surface area contributed by atoms with Crippen molar-refractivity contribution in [1.29, 1.82) is 10.5 Å². The van der Waals surface area contributed by atoms with Crippen LogP contribution in [0.4, 0.5) is 11.4 Å². The number of unbranched alkanes of at least 4 members (excludes halogenated alkanes) is 2. The highest BCUT2D eigenvalue weighted by Crippen LogP contribution is 2.25. The lowest BCUT2D eigenvalue weighted by Crippen LogP contribution is -2.04. The second kappa shape index (κ2) is 6.87. The Bertz CT molecular complexity index is 514. The second-order valence-electron chi connectivity index (χ2n) is 3.64. The van der Waals surface area contributed by atoms with Gasteiger partial charge in [0.1, 0.15) is 5.69 Å². The molecule has 0 aromatic heterocycles. The Hall–Kier alpha value is -2.60. The van der Waals surface area contributed by atoms with Crippen LogP contribution in [-0.4, -0.2) is 11.5 Å². The van der Waals surface area contributed by atoms with Gasteiger partial charge in [-0.25, -0.2) is 0 Å². The Kier molecular flexibility index (Phi) is 5.14. The Labute approximate surface area is 105 Å². The van der Waals surface area contributed by atoms with Crippen LogP contribution >= 0.6 is 0 Å². The first-order valence-corrected chi connectivity index (χ1v) is 5.48. The van der Waals surface area contributed by atoms with E-state index >= 15 is 0 Å². The molecule has 0 saturated heterocycles. The molecular formula is C12H12N4O2. The fourth-order valence-electron chi connectivity index (χ4n) is 1.45. The summed E-state index contributed by atoms with van der Waals surface area (Å²) in [6.07, 6.45) is 2.01. The summed E-state index contributed by atoms with van der Waals surface area (Å²) in [5.41, 5.74) is 0.557. The van der Waals surface area contributed by atoms with Crippen LogP contribution in [0.3, 0.4) is 0 Å². The number of nitro benzene ring substituents is 1. The number of nitro groups is 1. The van der Waals surface area contributed by atoms with Crippen LogP contribution < -0.4 is 5.32 Å². The lowest BCUT2D eigenvalue weighted by molar-refractivity contribution is -0.384. The molecule has 1 aromatic rings. The molecule has 0 unspecified atom stereocenters. The Balaban J connectivity index is 2.68. The van der Waals surface area contributed by atoms with Crippen molar-refractivity contribution in [1.82, 2.24) is 0 Å². The fourth-order valence-corrected chi connectivity index (χ4v) is 1.45. The number of anilines is 1. The summed E-state index contributed by atoms with van der Waals surface area (Å²) in [6.45, 7) is 0.564. The Morgan fingerprint density at radius 1 is 1.33 bits per heavy atom. The first-order chi connectivity index (χ1) is 8.69. The van der Waals surface area contributed by atoms with Crippen LogP contribution in [0.15, 0.2) is 18.2 Å². The van der Waals surface area contributed by atoms with Crippen molar-refractivity contribution in [2.45, 2.75) is 19.3 Å². The molecule has 0 radical (unpaired) electrons. The molecule has 0 spiro atoms. The summed E-state index contributed by atoms with van der Waals surface area (Å²) in [5, 5.41) is 30.8. The first kappa shape index (κ1) is 13.5. The third-order valence-electron chi connectivity index (χ3n) is 2.35. The van der Waals surface area contributed by atoms with Crippen molar-refractivity contribution in [2.24, 2.45) is 0 Å². The highest BCUT2D eigenvalue weighted by molar-refractivity contribution is 5.63. The highest BCUT2D eigenvalue weighted by Gasteiger charge is 2.13. The van der Waals surface area contributed by atoms with Crippen LogP contribution in [0.1, 0.15) is 24.8 Å². The average molecular weight is 244 g/mol. The van der Waals surface area contributed by atoms with E-state index in [0.29, 0.717) is 18.7 Å². The van der Waals surface area contributed by atoms with Crippen LogP contribution in [-0.2, 0) is 0 Å². The smallest absolute Gasteiger partial charge is 0.293 e. The van der Waals surface area contributed by atoms with Gasteiger partial charge in [0.2, 0.25) is 0 Å². The van der Waals surface area contributed by atoms with E-state index < -0.39 is 4.92 Å². The number of hydrogen-bond donors (Lipinski definition) is 1. The van der Waals surface area contributed by atoms with Crippen molar-refractivity contribution in [3.05, 3.63) is 33.9 Å². The summed E-state index contributed by atoms with van der Waals surface area (Å²) >= 11 is 0. The van der Waals surface area contributed by atoms with Gasteiger partial charge in [-0.15, -0.1) is 0 Å².